The lowest BCUT2D eigenvalue weighted by atomic mass is 9.92. The van der Waals surface area contributed by atoms with Crippen molar-refractivity contribution in [2.45, 2.75) is 78.4 Å². The van der Waals surface area contributed by atoms with E-state index in [1.165, 1.54) is 53.5 Å². The molecule has 32 heavy (non-hydrogen) atoms. The predicted octanol–water partition coefficient (Wildman–Crippen LogP) is 6.70. The number of aromatic nitrogens is 1. The molecule has 4 nitrogen and oxygen atoms in total. The molecule has 1 fully saturated rings. The molecule has 4 heteroatoms. The second-order valence-corrected chi connectivity index (χ2v) is 8.90. The number of hydrogen-bond acceptors (Lipinski definition) is 3. The molecule has 0 unspecified atom stereocenters. The predicted molar refractivity (Wildman–Crippen MR) is 129 cm³/mol. The summed E-state index contributed by atoms with van der Waals surface area (Å²) in [4.78, 5) is 11.8. The van der Waals surface area contributed by atoms with Gasteiger partial charge in [0.15, 0.2) is 0 Å². The molecule has 0 amide bonds. The first-order chi connectivity index (χ1) is 15.6. The lowest BCUT2D eigenvalue weighted by molar-refractivity contribution is -0.143. The number of aryl methyl sites for hydroxylation is 3. The fourth-order valence-corrected chi connectivity index (χ4v) is 5.08. The van der Waals surface area contributed by atoms with E-state index in [0.717, 1.165) is 23.5 Å². The SMILES string of the molecule is CCOC(=O)CCn1ccc2cc(OCc3ccc(C4CCCC4)c(C)c3)cc(CC)c21. The number of rotatable bonds is 9. The molecule has 0 bridgehead atoms. The number of benzene rings is 2. The van der Waals surface area contributed by atoms with Gasteiger partial charge in [-0.15, -0.1) is 0 Å². The topological polar surface area (TPSA) is 40.5 Å². The lowest BCUT2D eigenvalue weighted by Crippen LogP contribution is -2.09. The van der Waals surface area contributed by atoms with E-state index in [4.69, 9.17) is 9.47 Å². The van der Waals surface area contributed by atoms with Gasteiger partial charge in [0.2, 0.25) is 0 Å². The zero-order valence-corrected chi connectivity index (χ0v) is 19.7. The van der Waals surface area contributed by atoms with Crippen molar-refractivity contribution in [1.29, 1.82) is 0 Å². The maximum absolute atomic E-state index is 11.8. The Morgan fingerprint density at radius 2 is 1.91 bits per heavy atom. The number of fused-ring (bicyclic) bond motifs is 1. The lowest BCUT2D eigenvalue weighted by Gasteiger charge is -2.15. The Bertz CT molecular complexity index is 1080. The molecule has 0 N–H and O–H groups in total. The Kier molecular flexibility index (Phi) is 7.19. The Morgan fingerprint density at radius 3 is 2.62 bits per heavy atom. The van der Waals surface area contributed by atoms with Crippen LogP contribution in [0.3, 0.4) is 0 Å². The summed E-state index contributed by atoms with van der Waals surface area (Å²) in [6.45, 7) is 7.86. The molecule has 1 aliphatic carbocycles. The van der Waals surface area contributed by atoms with Crippen LogP contribution in [0.2, 0.25) is 0 Å². The number of carbonyl (C=O) groups is 1. The van der Waals surface area contributed by atoms with Gasteiger partial charge in [0.05, 0.1) is 18.5 Å². The molecule has 1 heterocycles. The average molecular weight is 434 g/mol. The molecular weight excluding hydrogens is 398 g/mol. The van der Waals surface area contributed by atoms with Crippen LogP contribution < -0.4 is 4.74 Å². The van der Waals surface area contributed by atoms with E-state index < -0.39 is 0 Å². The van der Waals surface area contributed by atoms with Crippen LogP contribution in [0.4, 0.5) is 0 Å². The van der Waals surface area contributed by atoms with Crippen molar-refractivity contribution < 1.29 is 14.3 Å². The molecule has 170 valence electrons. The van der Waals surface area contributed by atoms with E-state index in [-0.39, 0.29) is 5.97 Å². The minimum absolute atomic E-state index is 0.151. The van der Waals surface area contributed by atoms with Crippen LogP contribution in [0.25, 0.3) is 10.9 Å². The maximum Gasteiger partial charge on any atom is 0.307 e. The van der Waals surface area contributed by atoms with E-state index in [1.807, 2.05) is 6.92 Å². The first-order valence-electron chi connectivity index (χ1n) is 12.1. The Labute approximate surface area is 191 Å². The van der Waals surface area contributed by atoms with Crippen molar-refractivity contribution >= 4 is 16.9 Å². The second-order valence-electron chi connectivity index (χ2n) is 8.90. The highest BCUT2D eigenvalue weighted by molar-refractivity contribution is 5.85. The standard InChI is InChI=1S/C28H35NO3/c1-4-22-17-25(18-24-12-14-29(28(22)24)15-13-27(30)31-5-2)32-19-21-10-11-26(20(3)16-21)23-8-6-7-9-23/h10-12,14,16-18,23H,4-9,13,15,19H2,1-3H3. The van der Waals surface area contributed by atoms with Crippen LogP contribution in [0.1, 0.15) is 74.1 Å². The summed E-state index contributed by atoms with van der Waals surface area (Å²) < 4.78 is 13.4. The van der Waals surface area contributed by atoms with E-state index in [0.29, 0.717) is 26.2 Å². The van der Waals surface area contributed by atoms with Crippen LogP contribution in [0.15, 0.2) is 42.6 Å². The number of esters is 1. The average Bonchev–Trinajstić information content (AvgIpc) is 3.46. The normalized spacial score (nSPS) is 14.2. The fraction of sp³-hybridized carbons (Fsp3) is 0.464. The number of nitrogens with zero attached hydrogens (tertiary/aromatic N) is 1. The second kappa shape index (κ2) is 10.2. The molecule has 2 aromatic carbocycles. The van der Waals surface area contributed by atoms with Gasteiger partial charge < -0.3 is 14.0 Å². The Morgan fingerprint density at radius 1 is 1.09 bits per heavy atom. The van der Waals surface area contributed by atoms with E-state index in [9.17, 15) is 4.79 Å². The minimum atomic E-state index is -0.151. The molecular formula is C28H35NO3. The van der Waals surface area contributed by atoms with E-state index in [1.54, 1.807) is 0 Å². The highest BCUT2D eigenvalue weighted by Crippen LogP contribution is 2.36. The van der Waals surface area contributed by atoms with Gasteiger partial charge in [-0.3, -0.25) is 4.79 Å². The molecule has 0 saturated heterocycles. The van der Waals surface area contributed by atoms with Gasteiger partial charge in [-0.2, -0.15) is 0 Å². The van der Waals surface area contributed by atoms with Gasteiger partial charge in [0.1, 0.15) is 12.4 Å². The molecule has 0 spiro atoms. The molecule has 1 saturated carbocycles. The van der Waals surface area contributed by atoms with Gasteiger partial charge in [0, 0.05) is 18.1 Å². The van der Waals surface area contributed by atoms with Crippen LogP contribution >= 0.6 is 0 Å². The van der Waals surface area contributed by atoms with Crippen molar-refractivity contribution in [2.24, 2.45) is 0 Å². The van der Waals surface area contributed by atoms with Gasteiger partial charge in [0.25, 0.3) is 0 Å². The van der Waals surface area contributed by atoms with Gasteiger partial charge in [-0.05, 0) is 79.5 Å². The van der Waals surface area contributed by atoms with Gasteiger partial charge >= 0.3 is 5.97 Å². The number of hydrogen-bond donors (Lipinski definition) is 0. The van der Waals surface area contributed by atoms with E-state index >= 15 is 0 Å². The summed E-state index contributed by atoms with van der Waals surface area (Å²) in [5, 5.41) is 1.15. The van der Waals surface area contributed by atoms with Crippen LogP contribution in [0.5, 0.6) is 5.75 Å². The summed E-state index contributed by atoms with van der Waals surface area (Å²) in [5.41, 5.74) is 6.54. The molecule has 0 aliphatic heterocycles. The van der Waals surface area contributed by atoms with E-state index in [2.05, 4.69) is 61.0 Å². The summed E-state index contributed by atoms with van der Waals surface area (Å²) in [5.74, 6) is 1.49. The zero-order valence-electron chi connectivity index (χ0n) is 19.7. The highest BCUT2D eigenvalue weighted by atomic mass is 16.5. The van der Waals surface area contributed by atoms with Crippen LogP contribution in [0, 0.1) is 6.92 Å². The third-order valence-electron chi connectivity index (χ3n) is 6.69. The first-order valence-corrected chi connectivity index (χ1v) is 12.1. The number of carbonyl (C=O) groups excluding carboxylic acids is 1. The Balaban J connectivity index is 1.46. The monoisotopic (exact) mass is 433 g/mol. The molecule has 0 atom stereocenters. The Hall–Kier alpha value is -2.75. The summed E-state index contributed by atoms with van der Waals surface area (Å²) >= 11 is 0. The van der Waals surface area contributed by atoms with Crippen molar-refractivity contribution in [2.75, 3.05) is 6.61 Å². The molecule has 3 aromatic rings. The fourth-order valence-electron chi connectivity index (χ4n) is 5.08. The largest absolute Gasteiger partial charge is 0.489 e. The van der Waals surface area contributed by atoms with Crippen LogP contribution in [-0.4, -0.2) is 17.1 Å². The van der Waals surface area contributed by atoms with Crippen molar-refractivity contribution in [3.63, 3.8) is 0 Å². The zero-order chi connectivity index (χ0) is 22.5. The summed E-state index contributed by atoms with van der Waals surface area (Å²) in [6, 6.07) is 13.2. The first kappa shape index (κ1) is 22.4. The van der Waals surface area contributed by atoms with Gasteiger partial charge in [-0.1, -0.05) is 38.0 Å². The molecule has 4 rings (SSSR count). The third-order valence-corrected chi connectivity index (χ3v) is 6.69. The van der Waals surface area contributed by atoms with Crippen molar-refractivity contribution in [3.05, 3.63) is 64.8 Å². The molecule has 0 radical (unpaired) electrons. The summed E-state index contributed by atoms with van der Waals surface area (Å²) in [6.07, 6.45) is 8.73. The molecule has 1 aliphatic rings. The highest BCUT2D eigenvalue weighted by Gasteiger charge is 2.18. The van der Waals surface area contributed by atoms with Crippen molar-refractivity contribution in [3.8, 4) is 5.75 Å². The smallest absolute Gasteiger partial charge is 0.307 e. The maximum atomic E-state index is 11.8. The van der Waals surface area contributed by atoms with Crippen molar-refractivity contribution in [1.82, 2.24) is 4.57 Å². The quantitative estimate of drug-likeness (QED) is 0.352. The van der Waals surface area contributed by atoms with Crippen LogP contribution in [-0.2, 0) is 29.1 Å². The third kappa shape index (κ3) is 5.01. The van der Waals surface area contributed by atoms with Gasteiger partial charge in [-0.25, -0.2) is 0 Å². The summed E-state index contributed by atoms with van der Waals surface area (Å²) in [7, 11) is 0. The minimum Gasteiger partial charge on any atom is -0.489 e. The molecule has 1 aromatic heterocycles. The number of ether oxygens (including phenoxy) is 2.